The number of nitrogens with one attached hydrogen (secondary N) is 2. The summed E-state index contributed by atoms with van der Waals surface area (Å²) in [6.07, 6.45) is 3.05. The van der Waals surface area contributed by atoms with Gasteiger partial charge in [-0.2, -0.15) is 5.10 Å². The lowest BCUT2D eigenvalue weighted by molar-refractivity contribution is -0.123. The first-order chi connectivity index (χ1) is 15.3. The minimum absolute atomic E-state index is 0.195. The molecule has 2 aromatic rings. The molecule has 9 heteroatoms. The van der Waals surface area contributed by atoms with Crippen molar-refractivity contribution in [1.29, 1.82) is 0 Å². The Bertz CT molecular complexity index is 1010. The number of hydrogen-bond donors (Lipinski definition) is 2. The topological polar surface area (TPSA) is 89.0 Å². The van der Waals surface area contributed by atoms with Gasteiger partial charge in [-0.3, -0.25) is 9.59 Å². The third kappa shape index (κ3) is 6.73. The zero-order valence-electron chi connectivity index (χ0n) is 18.0. The molecule has 2 amide bonds. The number of carbonyl (C=O) groups excluding carboxylic acids is 2. The van der Waals surface area contributed by atoms with Crippen LogP contribution < -0.4 is 20.2 Å². The fraction of sp³-hybridized carbons (Fsp3) is 0.261. The number of para-hydroxylation sites is 1. The summed E-state index contributed by atoms with van der Waals surface area (Å²) in [6, 6.07) is 8.97. The van der Waals surface area contributed by atoms with Crippen molar-refractivity contribution in [3.05, 3.63) is 70.2 Å². The minimum atomic E-state index is -0.840. The summed E-state index contributed by atoms with van der Waals surface area (Å²) < 4.78 is 11.0. The first-order valence-corrected chi connectivity index (χ1v) is 10.5. The van der Waals surface area contributed by atoms with Gasteiger partial charge in [-0.1, -0.05) is 55.8 Å². The van der Waals surface area contributed by atoms with Crippen LogP contribution in [0.5, 0.6) is 11.5 Å². The zero-order valence-corrected chi connectivity index (χ0v) is 19.5. The maximum Gasteiger partial charge on any atom is 0.262 e. The van der Waals surface area contributed by atoms with Crippen LogP contribution in [0, 0.1) is 5.92 Å². The molecule has 32 heavy (non-hydrogen) atoms. The number of nitrogens with zero attached hydrogens (tertiary/aromatic N) is 1. The molecule has 0 aliphatic heterocycles. The summed E-state index contributed by atoms with van der Waals surface area (Å²) in [5.74, 6) is -0.180. The number of ether oxygens (including phenoxy) is 2. The van der Waals surface area contributed by atoms with E-state index < -0.39 is 17.9 Å². The zero-order chi connectivity index (χ0) is 23.7. The second-order valence-electron chi connectivity index (χ2n) is 7.03. The number of carbonyl (C=O) groups is 2. The second kappa shape index (κ2) is 12.1. The number of benzene rings is 2. The van der Waals surface area contributed by atoms with Gasteiger partial charge in [-0.25, -0.2) is 5.43 Å². The molecule has 2 aromatic carbocycles. The predicted octanol–water partition coefficient (Wildman–Crippen LogP) is 4.47. The van der Waals surface area contributed by atoms with E-state index in [1.807, 2.05) is 0 Å². The summed E-state index contributed by atoms with van der Waals surface area (Å²) >= 11 is 12.0. The molecule has 1 unspecified atom stereocenters. The Morgan fingerprint density at radius 2 is 1.97 bits per heavy atom. The molecule has 1 atom stereocenters. The van der Waals surface area contributed by atoms with Crippen LogP contribution in [0.25, 0.3) is 0 Å². The minimum Gasteiger partial charge on any atom is -0.493 e. The van der Waals surface area contributed by atoms with Gasteiger partial charge < -0.3 is 14.8 Å². The van der Waals surface area contributed by atoms with Gasteiger partial charge in [0.1, 0.15) is 12.6 Å². The molecular weight excluding hydrogens is 453 g/mol. The molecule has 0 saturated carbocycles. The quantitative estimate of drug-likeness (QED) is 0.300. The summed E-state index contributed by atoms with van der Waals surface area (Å²) in [4.78, 5) is 25.3. The van der Waals surface area contributed by atoms with Crippen LogP contribution in [0.3, 0.4) is 0 Å². The monoisotopic (exact) mass is 477 g/mol. The van der Waals surface area contributed by atoms with Crippen LogP contribution in [0.2, 0.25) is 10.0 Å². The molecule has 7 nitrogen and oxygen atoms in total. The lowest BCUT2D eigenvalue weighted by atomic mass is 10.0. The molecule has 0 aliphatic rings. The van der Waals surface area contributed by atoms with E-state index >= 15 is 0 Å². The first kappa shape index (κ1) is 25.2. The number of hydrogen-bond acceptors (Lipinski definition) is 5. The normalized spacial score (nSPS) is 11.8. The van der Waals surface area contributed by atoms with Crippen LogP contribution >= 0.6 is 23.2 Å². The van der Waals surface area contributed by atoms with Crippen molar-refractivity contribution in [3.63, 3.8) is 0 Å². The summed E-state index contributed by atoms with van der Waals surface area (Å²) in [6.45, 7) is 7.52. The molecule has 0 fully saturated rings. The highest BCUT2D eigenvalue weighted by Gasteiger charge is 2.25. The van der Waals surface area contributed by atoms with Crippen molar-refractivity contribution >= 4 is 41.2 Å². The number of halogens is 2. The highest BCUT2D eigenvalue weighted by Crippen LogP contribution is 2.30. The SMILES string of the molecule is C=CCOc1c(C=NNC(=O)C(NC(=O)c2ccc(Cl)cc2Cl)C(C)C)cccc1OC. The third-order valence-electron chi connectivity index (χ3n) is 4.36. The summed E-state index contributed by atoms with van der Waals surface area (Å²) in [5.41, 5.74) is 3.28. The summed E-state index contributed by atoms with van der Waals surface area (Å²) in [7, 11) is 1.53. The maximum atomic E-state index is 12.7. The Hall–Kier alpha value is -3.03. The van der Waals surface area contributed by atoms with Crippen molar-refractivity contribution in [3.8, 4) is 11.5 Å². The molecule has 0 aromatic heterocycles. The van der Waals surface area contributed by atoms with Gasteiger partial charge in [0.05, 0.1) is 23.9 Å². The second-order valence-corrected chi connectivity index (χ2v) is 7.88. The maximum absolute atomic E-state index is 12.7. The molecule has 2 rings (SSSR count). The standard InChI is InChI=1S/C23H25Cl2N3O4/c1-5-11-32-21-15(7-6-8-19(21)31-4)13-26-28-23(30)20(14(2)3)27-22(29)17-10-9-16(24)12-18(17)25/h5-10,12-14,20H,1,11H2,2-4H3,(H,27,29)(H,28,30). The van der Waals surface area contributed by atoms with E-state index in [1.54, 1.807) is 44.2 Å². The Morgan fingerprint density at radius 3 is 2.59 bits per heavy atom. The van der Waals surface area contributed by atoms with Crippen molar-refractivity contribution in [2.45, 2.75) is 19.9 Å². The van der Waals surface area contributed by atoms with Crippen LogP contribution in [0.4, 0.5) is 0 Å². The third-order valence-corrected chi connectivity index (χ3v) is 4.91. The molecule has 0 radical (unpaired) electrons. The first-order valence-electron chi connectivity index (χ1n) is 9.78. The fourth-order valence-electron chi connectivity index (χ4n) is 2.75. The highest BCUT2D eigenvalue weighted by atomic mass is 35.5. The number of amides is 2. The number of rotatable bonds is 10. The Kier molecular flexibility index (Phi) is 9.56. The van der Waals surface area contributed by atoms with E-state index in [2.05, 4.69) is 22.4 Å². The van der Waals surface area contributed by atoms with Gasteiger partial charge in [0, 0.05) is 10.6 Å². The largest absolute Gasteiger partial charge is 0.493 e. The van der Waals surface area contributed by atoms with Gasteiger partial charge in [0.25, 0.3) is 11.8 Å². The fourth-order valence-corrected chi connectivity index (χ4v) is 3.25. The van der Waals surface area contributed by atoms with E-state index in [-0.39, 0.29) is 23.1 Å². The summed E-state index contributed by atoms with van der Waals surface area (Å²) in [5, 5.41) is 7.31. The lowest BCUT2D eigenvalue weighted by Gasteiger charge is -2.20. The van der Waals surface area contributed by atoms with Crippen LogP contribution in [-0.4, -0.2) is 37.8 Å². The average molecular weight is 478 g/mol. The van der Waals surface area contributed by atoms with E-state index in [4.69, 9.17) is 32.7 Å². The van der Waals surface area contributed by atoms with Gasteiger partial charge in [0.15, 0.2) is 11.5 Å². The Balaban J connectivity index is 2.13. The molecule has 170 valence electrons. The average Bonchev–Trinajstić information content (AvgIpc) is 2.75. The number of hydrazone groups is 1. The lowest BCUT2D eigenvalue weighted by Crippen LogP contribution is -2.48. The van der Waals surface area contributed by atoms with Gasteiger partial charge in [-0.15, -0.1) is 0 Å². The highest BCUT2D eigenvalue weighted by molar-refractivity contribution is 6.36. The molecule has 0 saturated heterocycles. The Labute approximate surface area is 197 Å². The van der Waals surface area contributed by atoms with E-state index in [0.717, 1.165) is 0 Å². The van der Waals surface area contributed by atoms with Gasteiger partial charge >= 0.3 is 0 Å². The molecule has 2 N–H and O–H groups in total. The van der Waals surface area contributed by atoms with Crippen LogP contribution in [-0.2, 0) is 4.79 Å². The van der Waals surface area contributed by atoms with Crippen LogP contribution in [0.15, 0.2) is 54.2 Å². The predicted molar refractivity (Wildman–Crippen MR) is 127 cm³/mol. The van der Waals surface area contributed by atoms with E-state index in [0.29, 0.717) is 22.1 Å². The van der Waals surface area contributed by atoms with Gasteiger partial charge in [0.2, 0.25) is 0 Å². The molecule has 0 heterocycles. The Morgan fingerprint density at radius 1 is 1.22 bits per heavy atom. The molecular formula is C23H25Cl2N3O4. The van der Waals surface area contributed by atoms with E-state index in [1.165, 1.54) is 25.5 Å². The van der Waals surface area contributed by atoms with Crippen molar-refractivity contribution in [2.75, 3.05) is 13.7 Å². The molecule has 0 spiro atoms. The van der Waals surface area contributed by atoms with Crippen molar-refractivity contribution in [1.82, 2.24) is 10.7 Å². The molecule has 0 aliphatic carbocycles. The van der Waals surface area contributed by atoms with Crippen molar-refractivity contribution in [2.24, 2.45) is 11.0 Å². The molecule has 0 bridgehead atoms. The van der Waals surface area contributed by atoms with E-state index in [9.17, 15) is 9.59 Å². The smallest absolute Gasteiger partial charge is 0.262 e. The van der Waals surface area contributed by atoms with Gasteiger partial charge in [-0.05, 0) is 36.2 Å². The number of methoxy groups -OCH3 is 1. The van der Waals surface area contributed by atoms with Crippen LogP contribution in [0.1, 0.15) is 29.8 Å². The van der Waals surface area contributed by atoms with Crippen molar-refractivity contribution < 1.29 is 19.1 Å².